The molecule has 0 saturated carbocycles. The molecule has 1 aliphatic heterocycles. The van der Waals surface area contributed by atoms with Gasteiger partial charge in [0.25, 0.3) is 0 Å². The van der Waals surface area contributed by atoms with Crippen molar-refractivity contribution in [2.75, 3.05) is 24.5 Å². The zero-order valence-corrected chi connectivity index (χ0v) is 10.9. The molecule has 1 saturated heterocycles. The summed E-state index contributed by atoms with van der Waals surface area (Å²) >= 11 is 5.02. The molecule has 0 bridgehead atoms. The van der Waals surface area contributed by atoms with Crippen LogP contribution in [0.15, 0.2) is 15.9 Å². The monoisotopic (exact) mass is 288 g/mol. The van der Waals surface area contributed by atoms with Crippen LogP contribution < -0.4 is 10.2 Å². The Morgan fingerprint density at radius 1 is 1.60 bits per heavy atom. The van der Waals surface area contributed by atoms with E-state index in [-0.39, 0.29) is 11.8 Å². The molecule has 82 valence electrons. The van der Waals surface area contributed by atoms with E-state index in [1.165, 1.54) is 0 Å². The van der Waals surface area contributed by atoms with Crippen LogP contribution in [0.5, 0.6) is 0 Å². The Labute approximate surface area is 102 Å². The lowest BCUT2D eigenvalue weighted by Gasteiger charge is -2.20. The smallest absolute Gasteiger partial charge is 0.231 e. The molecular formula is C10H13BrN2OS. The molecule has 1 aliphatic rings. The molecule has 1 unspecified atom stereocenters. The van der Waals surface area contributed by atoms with E-state index in [1.807, 2.05) is 24.0 Å². The van der Waals surface area contributed by atoms with E-state index in [0.29, 0.717) is 0 Å². The fourth-order valence-electron chi connectivity index (χ4n) is 1.64. The van der Waals surface area contributed by atoms with Gasteiger partial charge >= 0.3 is 0 Å². The van der Waals surface area contributed by atoms with Gasteiger partial charge in [0.15, 0.2) is 0 Å². The SMILES string of the molecule is CC1CNCCN(c2ccc(Br)s2)C1=O. The number of hydrogen-bond acceptors (Lipinski definition) is 3. The van der Waals surface area contributed by atoms with Crippen LogP contribution in [0.2, 0.25) is 0 Å². The molecule has 1 aromatic rings. The molecular weight excluding hydrogens is 276 g/mol. The standard InChI is InChI=1S/C10H13BrN2OS/c1-7-6-12-4-5-13(10(7)14)9-3-2-8(11)15-9/h2-3,7,12H,4-6H2,1H3. The molecule has 1 atom stereocenters. The van der Waals surface area contributed by atoms with E-state index in [9.17, 15) is 4.79 Å². The molecule has 2 rings (SSSR count). The van der Waals surface area contributed by atoms with Gasteiger partial charge in [-0.1, -0.05) is 6.92 Å². The van der Waals surface area contributed by atoms with Crippen molar-refractivity contribution < 1.29 is 4.79 Å². The Morgan fingerprint density at radius 3 is 3.07 bits per heavy atom. The molecule has 1 amide bonds. The fraction of sp³-hybridized carbons (Fsp3) is 0.500. The summed E-state index contributed by atoms with van der Waals surface area (Å²) in [6.07, 6.45) is 0. The second-order valence-corrected chi connectivity index (χ2v) is 6.11. The van der Waals surface area contributed by atoms with Crippen molar-refractivity contribution in [2.45, 2.75) is 6.92 Å². The van der Waals surface area contributed by atoms with E-state index >= 15 is 0 Å². The maximum absolute atomic E-state index is 12.0. The van der Waals surface area contributed by atoms with E-state index in [1.54, 1.807) is 11.3 Å². The lowest BCUT2D eigenvalue weighted by Crippen LogP contribution is -2.34. The van der Waals surface area contributed by atoms with Crippen molar-refractivity contribution in [3.8, 4) is 0 Å². The van der Waals surface area contributed by atoms with E-state index in [4.69, 9.17) is 0 Å². The number of rotatable bonds is 1. The van der Waals surface area contributed by atoms with Crippen LogP contribution in [0.25, 0.3) is 0 Å². The molecule has 0 aromatic carbocycles. The van der Waals surface area contributed by atoms with Crippen LogP contribution in [-0.2, 0) is 4.79 Å². The average molecular weight is 289 g/mol. The summed E-state index contributed by atoms with van der Waals surface area (Å²) in [5, 5.41) is 4.29. The van der Waals surface area contributed by atoms with E-state index in [2.05, 4.69) is 21.2 Å². The lowest BCUT2D eigenvalue weighted by molar-refractivity contribution is -0.121. The summed E-state index contributed by atoms with van der Waals surface area (Å²) < 4.78 is 1.06. The largest absolute Gasteiger partial charge is 0.314 e. The van der Waals surface area contributed by atoms with Gasteiger partial charge in [0, 0.05) is 25.6 Å². The molecule has 2 heterocycles. The van der Waals surface area contributed by atoms with Crippen molar-refractivity contribution in [1.82, 2.24) is 5.32 Å². The highest BCUT2D eigenvalue weighted by molar-refractivity contribution is 9.11. The summed E-state index contributed by atoms with van der Waals surface area (Å²) in [6, 6.07) is 3.97. The van der Waals surface area contributed by atoms with Crippen molar-refractivity contribution in [2.24, 2.45) is 5.92 Å². The highest BCUT2D eigenvalue weighted by Crippen LogP contribution is 2.30. The summed E-state index contributed by atoms with van der Waals surface area (Å²) in [4.78, 5) is 13.9. The molecule has 0 spiro atoms. The Bertz CT molecular complexity index is 366. The number of nitrogens with zero attached hydrogens (tertiary/aromatic N) is 1. The summed E-state index contributed by atoms with van der Waals surface area (Å²) in [5.74, 6) is 0.280. The van der Waals surface area contributed by atoms with Crippen molar-refractivity contribution in [3.05, 3.63) is 15.9 Å². The van der Waals surface area contributed by atoms with Crippen LogP contribution in [0.4, 0.5) is 5.00 Å². The minimum absolute atomic E-state index is 0.0633. The molecule has 1 fully saturated rings. The van der Waals surface area contributed by atoms with Gasteiger partial charge in [-0.15, -0.1) is 11.3 Å². The van der Waals surface area contributed by atoms with Crippen molar-refractivity contribution >= 4 is 38.2 Å². The van der Waals surface area contributed by atoms with Gasteiger partial charge in [-0.2, -0.15) is 0 Å². The Hall–Kier alpha value is -0.390. The Balaban J connectivity index is 2.22. The van der Waals surface area contributed by atoms with Crippen LogP contribution >= 0.6 is 27.3 Å². The van der Waals surface area contributed by atoms with Crippen LogP contribution in [0, 0.1) is 5.92 Å². The summed E-state index contributed by atoms with van der Waals surface area (Å²) in [7, 11) is 0. The minimum Gasteiger partial charge on any atom is -0.314 e. The van der Waals surface area contributed by atoms with Crippen molar-refractivity contribution in [1.29, 1.82) is 0 Å². The first-order chi connectivity index (χ1) is 7.18. The number of amides is 1. The van der Waals surface area contributed by atoms with Gasteiger partial charge in [-0.3, -0.25) is 4.79 Å². The summed E-state index contributed by atoms with van der Waals surface area (Å²) in [5.41, 5.74) is 0. The number of carbonyl (C=O) groups is 1. The van der Waals surface area contributed by atoms with Crippen molar-refractivity contribution in [3.63, 3.8) is 0 Å². The van der Waals surface area contributed by atoms with Crippen LogP contribution in [-0.4, -0.2) is 25.5 Å². The van der Waals surface area contributed by atoms with Gasteiger partial charge in [0.1, 0.15) is 0 Å². The van der Waals surface area contributed by atoms with Gasteiger partial charge in [0.05, 0.1) is 8.79 Å². The first-order valence-electron chi connectivity index (χ1n) is 4.96. The van der Waals surface area contributed by atoms with Gasteiger partial charge in [0.2, 0.25) is 5.91 Å². The number of nitrogens with one attached hydrogen (secondary N) is 1. The first kappa shape index (κ1) is 11.1. The van der Waals surface area contributed by atoms with Crippen LogP contribution in [0.1, 0.15) is 6.92 Å². The fourth-order valence-corrected chi connectivity index (χ4v) is 3.03. The topological polar surface area (TPSA) is 32.3 Å². The molecule has 1 aromatic heterocycles. The Kier molecular flexibility index (Phi) is 3.43. The van der Waals surface area contributed by atoms with E-state index < -0.39 is 0 Å². The maximum Gasteiger partial charge on any atom is 0.231 e. The lowest BCUT2D eigenvalue weighted by atomic mass is 10.1. The maximum atomic E-state index is 12.0. The Morgan fingerprint density at radius 2 is 2.40 bits per heavy atom. The predicted molar refractivity (Wildman–Crippen MR) is 66.4 cm³/mol. The quantitative estimate of drug-likeness (QED) is 0.858. The van der Waals surface area contributed by atoms with E-state index in [0.717, 1.165) is 28.4 Å². The molecule has 1 N–H and O–H groups in total. The number of carbonyl (C=O) groups excluding carboxylic acids is 1. The number of anilines is 1. The highest BCUT2D eigenvalue weighted by atomic mass is 79.9. The minimum atomic E-state index is 0.0633. The third kappa shape index (κ3) is 2.41. The second kappa shape index (κ2) is 4.63. The zero-order chi connectivity index (χ0) is 10.8. The van der Waals surface area contributed by atoms with Gasteiger partial charge < -0.3 is 10.2 Å². The molecule has 5 heteroatoms. The normalized spacial score (nSPS) is 22.9. The van der Waals surface area contributed by atoms with Gasteiger partial charge in [-0.05, 0) is 28.1 Å². The highest BCUT2D eigenvalue weighted by Gasteiger charge is 2.25. The number of thiophene rings is 1. The van der Waals surface area contributed by atoms with Crippen LogP contribution in [0.3, 0.4) is 0 Å². The predicted octanol–water partition coefficient (Wildman–Crippen LogP) is 2.08. The number of hydrogen-bond donors (Lipinski definition) is 1. The van der Waals surface area contributed by atoms with Gasteiger partial charge in [-0.25, -0.2) is 0 Å². The zero-order valence-electron chi connectivity index (χ0n) is 8.50. The third-order valence-corrected chi connectivity index (χ3v) is 4.12. The average Bonchev–Trinajstić information content (AvgIpc) is 2.56. The molecule has 15 heavy (non-hydrogen) atoms. The molecule has 3 nitrogen and oxygen atoms in total. The summed E-state index contributed by atoms with van der Waals surface area (Å²) in [6.45, 7) is 4.37. The second-order valence-electron chi connectivity index (χ2n) is 3.67. The third-order valence-electron chi connectivity index (χ3n) is 2.48. The molecule has 0 radical (unpaired) electrons. The first-order valence-corrected chi connectivity index (χ1v) is 6.57. The number of halogens is 1. The molecule has 0 aliphatic carbocycles.